The van der Waals surface area contributed by atoms with Gasteiger partial charge in [0.25, 0.3) is 5.91 Å². The summed E-state index contributed by atoms with van der Waals surface area (Å²) in [4.78, 5) is 28.5. The van der Waals surface area contributed by atoms with Gasteiger partial charge in [-0.05, 0) is 43.2 Å². The molecule has 7 nitrogen and oxygen atoms in total. The zero-order valence-corrected chi connectivity index (χ0v) is 15.6. The van der Waals surface area contributed by atoms with Crippen LogP contribution in [0.4, 0.5) is 0 Å². The number of nitrogens with one attached hydrogen (secondary N) is 2. The number of hydrogen-bond acceptors (Lipinski definition) is 4. The molecule has 138 valence electrons. The molecular formula is C19H18ClN5O2. The number of amides is 2. The number of nitrogens with zero attached hydrogens (tertiary/aromatic N) is 3. The van der Waals surface area contributed by atoms with E-state index in [4.69, 9.17) is 11.6 Å². The molecule has 0 aliphatic rings. The first-order chi connectivity index (χ1) is 13.0. The summed E-state index contributed by atoms with van der Waals surface area (Å²) in [6.45, 7) is 3.74. The number of benzene rings is 2. The molecule has 0 bridgehead atoms. The van der Waals surface area contributed by atoms with E-state index in [1.807, 2.05) is 25.1 Å². The van der Waals surface area contributed by atoms with Crippen molar-refractivity contribution >= 4 is 23.4 Å². The Labute approximate surface area is 161 Å². The van der Waals surface area contributed by atoms with Gasteiger partial charge in [-0.1, -0.05) is 42.8 Å². The van der Waals surface area contributed by atoms with Crippen LogP contribution in [0.15, 0.2) is 48.5 Å². The summed E-state index contributed by atoms with van der Waals surface area (Å²) in [7, 11) is 0. The number of hydrazine groups is 1. The second-order valence-electron chi connectivity index (χ2n) is 5.80. The van der Waals surface area contributed by atoms with E-state index in [1.165, 1.54) is 4.68 Å². The van der Waals surface area contributed by atoms with E-state index >= 15 is 0 Å². The molecule has 0 unspecified atom stereocenters. The highest BCUT2D eigenvalue weighted by atomic mass is 35.5. The molecule has 1 heterocycles. The molecule has 1 aromatic heterocycles. The van der Waals surface area contributed by atoms with Gasteiger partial charge in [-0.2, -0.15) is 0 Å². The average Bonchev–Trinajstić information content (AvgIpc) is 3.08. The Morgan fingerprint density at radius 2 is 1.70 bits per heavy atom. The highest BCUT2D eigenvalue weighted by Crippen LogP contribution is 2.20. The molecule has 8 heteroatoms. The van der Waals surface area contributed by atoms with E-state index in [2.05, 4.69) is 20.9 Å². The Balaban J connectivity index is 1.69. The summed E-state index contributed by atoms with van der Waals surface area (Å²) in [5.74, 6) is -0.625. The topological polar surface area (TPSA) is 88.9 Å². The van der Waals surface area contributed by atoms with Crippen molar-refractivity contribution < 1.29 is 9.59 Å². The fourth-order valence-electron chi connectivity index (χ4n) is 2.47. The molecule has 2 aromatic carbocycles. The molecule has 27 heavy (non-hydrogen) atoms. The third-order valence-corrected chi connectivity index (χ3v) is 4.29. The summed E-state index contributed by atoms with van der Waals surface area (Å²) in [6.07, 6.45) is 0.887. The number of carbonyl (C=O) groups excluding carboxylic acids is 2. The van der Waals surface area contributed by atoms with Crippen LogP contribution in [-0.2, 0) is 6.42 Å². The highest BCUT2D eigenvalue weighted by Gasteiger charge is 2.17. The molecule has 0 fully saturated rings. The minimum atomic E-state index is -0.623. The van der Waals surface area contributed by atoms with Crippen LogP contribution >= 0.6 is 11.6 Å². The minimum Gasteiger partial charge on any atom is -0.267 e. The van der Waals surface area contributed by atoms with E-state index in [-0.39, 0.29) is 5.82 Å². The quantitative estimate of drug-likeness (QED) is 0.678. The Hall–Kier alpha value is -3.19. The SMILES string of the molecule is CCc1ccc(C(=O)NNC(=O)c2nc(C)n(-c3ccccc3Cl)n2)cc1. The van der Waals surface area contributed by atoms with Gasteiger partial charge in [0.05, 0.1) is 10.7 Å². The van der Waals surface area contributed by atoms with Crippen LogP contribution in [0.2, 0.25) is 5.02 Å². The third-order valence-electron chi connectivity index (χ3n) is 3.97. The smallest absolute Gasteiger partial charge is 0.267 e. The number of halogens is 1. The monoisotopic (exact) mass is 383 g/mol. The van der Waals surface area contributed by atoms with Crippen molar-refractivity contribution in [3.8, 4) is 5.69 Å². The van der Waals surface area contributed by atoms with Crippen LogP contribution < -0.4 is 10.9 Å². The third kappa shape index (κ3) is 4.15. The van der Waals surface area contributed by atoms with Gasteiger partial charge in [0.15, 0.2) is 0 Å². The van der Waals surface area contributed by atoms with Crippen molar-refractivity contribution in [2.24, 2.45) is 0 Å². The second kappa shape index (κ2) is 8.01. The number of para-hydroxylation sites is 1. The molecule has 0 radical (unpaired) electrons. The first-order valence-corrected chi connectivity index (χ1v) is 8.75. The lowest BCUT2D eigenvalue weighted by Gasteiger charge is -2.06. The highest BCUT2D eigenvalue weighted by molar-refractivity contribution is 6.32. The summed E-state index contributed by atoms with van der Waals surface area (Å²) < 4.78 is 1.47. The lowest BCUT2D eigenvalue weighted by atomic mass is 10.1. The molecule has 0 aliphatic heterocycles. The van der Waals surface area contributed by atoms with Gasteiger partial charge >= 0.3 is 5.91 Å². The predicted molar refractivity (Wildman–Crippen MR) is 102 cm³/mol. The van der Waals surface area contributed by atoms with Crippen molar-refractivity contribution in [2.75, 3.05) is 0 Å². The first-order valence-electron chi connectivity index (χ1n) is 8.37. The van der Waals surface area contributed by atoms with E-state index in [0.29, 0.717) is 22.1 Å². The number of rotatable bonds is 4. The number of carbonyl (C=O) groups is 2. The molecule has 2 N–H and O–H groups in total. The van der Waals surface area contributed by atoms with Crippen LogP contribution in [0.25, 0.3) is 5.69 Å². The molecule has 3 rings (SSSR count). The number of aryl methyl sites for hydroxylation is 2. The van der Waals surface area contributed by atoms with Gasteiger partial charge in [0.2, 0.25) is 5.82 Å². The average molecular weight is 384 g/mol. The maximum absolute atomic E-state index is 12.3. The van der Waals surface area contributed by atoms with E-state index in [1.54, 1.807) is 37.3 Å². The summed E-state index contributed by atoms with van der Waals surface area (Å²) in [6, 6.07) is 14.2. The summed E-state index contributed by atoms with van der Waals surface area (Å²) in [5, 5.41) is 4.66. The fraction of sp³-hybridized carbons (Fsp3) is 0.158. The van der Waals surface area contributed by atoms with Gasteiger partial charge in [0.1, 0.15) is 5.82 Å². The Bertz CT molecular complexity index is 982. The Kier molecular flexibility index (Phi) is 5.52. The van der Waals surface area contributed by atoms with Gasteiger partial charge < -0.3 is 0 Å². The molecule has 2 amide bonds. The normalized spacial score (nSPS) is 10.5. The standard InChI is InChI=1S/C19H18ClN5O2/c1-3-13-8-10-14(11-9-13)18(26)22-23-19(27)17-21-12(2)25(24-17)16-7-5-4-6-15(16)20/h4-11H,3H2,1-2H3,(H,22,26)(H,23,27). The van der Waals surface area contributed by atoms with Crippen molar-refractivity contribution in [1.82, 2.24) is 25.6 Å². The Morgan fingerprint density at radius 1 is 1.04 bits per heavy atom. The number of aromatic nitrogens is 3. The summed E-state index contributed by atoms with van der Waals surface area (Å²) in [5.41, 5.74) is 6.87. The van der Waals surface area contributed by atoms with E-state index < -0.39 is 11.8 Å². The lowest BCUT2D eigenvalue weighted by molar-refractivity contribution is 0.0841. The van der Waals surface area contributed by atoms with Crippen LogP contribution in [0.3, 0.4) is 0 Å². The van der Waals surface area contributed by atoms with Gasteiger partial charge in [-0.25, -0.2) is 9.67 Å². The van der Waals surface area contributed by atoms with Crippen molar-refractivity contribution in [3.63, 3.8) is 0 Å². The lowest BCUT2D eigenvalue weighted by Crippen LogP contribution is -2.42. The van der Waals surface area contributed by atoms with E-state index in [9.17, 15) is 9.59 Å². The molecule has 3 aromatic rings. The molecule has 0 aliphatic carbocycles. The Morgan fingerprint density at radius 3 is 2.37 bits per heavy atom. The van der Waals surface area contributed by atoms with E-state index in [0.717, 1.165) is 12.0 Å². The minimum absolute atomic E-state index is 0.0750. The van der Waals surface area contributed by atoms with Crippen LogP contribution in [0.1, 0.15) is 39.3 Å². The van der Waals surface area contributed by atoms with Crippen LogP contribution in [0.5, 0.6) is 0 Å². The van der Waals surface area contributed by atoms with Gasteiger partial charge in [-0.15, -0.1) is 5.10 Å². The molecule has 0 saturated carbocycles. The zero-order valence-electron chi connectivity index (χ0n) is 14.9. The molecule has 0 spiro atoms. The predicted octanol–water partition coefficient (Wildman–Crippen LogP) is 2.87. The van der Waals surface area contributed by atoms with Crippen molar-refractivity contribution in [2.45, 2.75) is 20.3 Å². The summed E-state index contributed by atoms with van der Waals surface area (Å²) >= 11 is 6.17. The van der Waals surface area contributed by atoms with Gasteiger partial charge in [-0.3, -0.25) is 20.4 Å². The van der Waals surface area contributed by atoms with Crippen molar-refractivity contribution in [3.05, 3.63) is 76.3 Å². The van der Waals surface area contributed by atoms with Crippen LogP contribution in [0, 0.1) is 6.92 Å². The largest absolute Gasteiger partial charge is 0.309 e. The van der Waals surface area contributed by atoms with Crippen molar-refractivity contribution in [1.29, 1.82) is 0 Å². The zero-order chi connectivity index (χ0) is 19.4. The van der Waals surface area contributed by atoms with Crippen LogP contribution in [-0.4, -0.2) is 26.6 Å². The fourth-order valence-corrected chi connectivity index (χ4v) is 2.69. The van der Waals surface area contributed by atoms with Gasteiger partial charge in [0, 0.05) is 5.56 Å². The second-order valence-corrected chi connectivity index (χ2v) is 6.21. The molecule has 0 atom stereocenters. The molecular weight excluding hydrogens is 366 g/mol. The first kappa shape index (κ1) is 18.6. The molecule has 0 saturated heterocycles. The maximum Gasteiger partial charge on any atom is 0.309 e. The maximum atomic E-state index is 12.3. The number of hydrogen-bond donors (Lipinski definition) is 2.